The summed E-state index contributed by atoms with van der Waals surface area (Å²) < 4.78 is 105. The minimum absolute atomic E-state index is 0.0357. The molecule has 2 aromatic heterocycles. The van der Waals surface area contributed by atoms with Crippen molar-refractivity contribution in [3.63, 3.8) is 0 Å². The largest absolute Gasteiger partial charge is 0.490 e. The Morgan fingerprint density at radius 1 is 0.796 bits per heavy atom. The minimum Gasteiger partial charge on any atom is -0.475 e. The van der Waals surface area contributed by atoms with Crippen molar-refractivity contribution >= 4 is 51.2 Å². The van der Waals surface area contributed by atoms with E-state index in [4.69, 9.17) is 19.8 Å². The van der Waals surface area contributed by atoms with E-state index in [9.17, 15) is 44.3 Å². The first kappa shape index (κ1) is 40.8. The number of H-pyrrole nitrogens is 1. The predicted octanol–water partition coefficient (Wildman–Crippen LogP) is 7.38. The topological polar surface area (TPSA) is 152 Å². The zero-order valence-electron chi connectivity index (χ0n) is 28.0. The van der Waals surface area contributed by atoms with Crippen molar-refractivity contribution in [2.24, 2.45) is 0 Å². The van der Waals surface area contributed by atoms with Gasteiger partial charge in [0.15, 0.2) is 0 Å². The van der Waals surface area contributed by atoms with E-state index in [2.05, 4.69) is 25.2 Å². The first-order valence-electron chi connectivity index (χ1n) is 15.4. The number of nitrogens with zero attached hydrogens (tertiary/aromatic N) is 4. The molecule has 0 saturated carbocycles. The number of carboxylic acids is 2. The first-order valence-corrected chi connectivity index (χ1v) is 15.4. The number of halogens is 9. The van der Waals surface area contributed by atoms with E-state index in [0.717, 1.165) is 63.8 Å². The number of amides is 1. The zero-order valence-corrected chi connectivity index (χ0v) is 28.0. The third-order valence-electron chi connectivity index (χ3n) is 7.94. The van der Waals surface area contributed by atoms with Gasteiger partial charge in [-0.25, -0.2) is 19.6 Å². The van der Waals surface area contributed by atoms with Crippen LogP contribution in [0, 0.1) is 6.92 Å². The van der Waals surface area contributed by atoms with Gasteiger partial charge < -0.3 is 30.3 Å². The van der Waals surface area contributed by atoms with Crippen LogP contribution in [-0.2, 0) is 15.8 Å². The number of piperazine rings is 1. The molecule has 0 unspecified atom stereocenters. The molecule has 54 heavy (non-hydrogen) atoms. The molecule has 20 heteroatoms. The van der Waals surface area contributed by atoms with Crippen LogP contribution >= 0.6 is 0 Å². The highest BCUT2D eigenvalue weighted by molar-refractivity contribution is 6.07. The lowest BCUT2D eigenvalue weighted by molar-refractivity contribution is -0.193. The van der Waals surface area contributed by atoms with Gasteiger partial charge in [-0.1, -0.05) is 18.2 Å². The third kappa shape index (κ3) is 10.4. The summed E-state index contributed by atoms with van der Waals surface area (Å²) in [4.78, 5) is 46.8. The van der Waals surface area contributed by atoms with Crippen molar-refractivity contribution in [2.45, 2.75) is 25.5 Å². The minimum atomic E-state index is -5.08. The Labute approximate surface area is 299 Å². The Kier molecular flexibility index (Phi) is 12.1. The fraction of sp³-hybridized carbons (Fsp3) is 0.265. The molecule has 0 atom stereocenters. The number of aryl methyl sites for hydroxylation is 1. The van der Waals surface area contributed by atoms with Crippen molar-refractivity contribution < 1.29 is 64.1 Å². The van der Waals surface area contributed by atoms with Gasteiger partial charge in [0.05, 0.1) is 5.56 Å². The molecule has 5 aromatic rings. The lowest BCUT2D eigenvalue weighted by Crippen LogP contribution is -2.44. The molecule has 0 bridgehead atoms. The molecule has 1 amide bonds. The van der Waals surface area contributed by atoms with Crippen molar-refractivity contribution in [3.05, 3.63) is 83.8 Å². The number of aromatic amines is 1. The van der Waals surface area contributed by atoms with Crippen LogP contribution in [0.15, 0.2) is 67.1 Å². The number of carbonyl (C=O) groups excluding carboxylic acids is 1. The number of hydrogen-bond donors (Lipinski definition) is 4. The predicted molar refractivity (Wildman–Crippen MR) is 178 cm³/mol. The van der Waals surface area contributed by atoms with Crippen LogP contribution in [0.2, 0.25) is 0 Å². The molecule has 0 spiro atoms. The van der Waals surface area contributed by atoms with Gasteiger partial charge in [0, 0.05) is 65.6 Å². The summed E-state index contributed by atoms with van der Waals surface area (Å²) in [7, 11) is 1.98. The van der Waals surface area contributed by atoms with Crippen LogP contribution in [0.25, 0.3) is 33.1 Å². The van der Waals surface area contributed by atoms with Gasteiger partial charge in [0.1, 0.15) is 12.0 Å². The van der Waals surface area contributed by atoms with E-state index in [0.29, 0.717) is 24.5 Å². The summed E-state index contributed by atoms with van der Waals surface area (Å²) in [6, 6.07) is 15.1. The Bertz CT molecular complexity index is 2130. The SMILES string of the molecule is Cc1ccc(NC(=O)c2cc(N3CCN(C)CC3)cc(C(F)(F)F)c2)cc1-c1ccc2c(c1)[nH]c1ncncc12.O=C(O)C(F)(F)F.O=C(O)C(F)(F)F. The highest BCUT2D eigenvalue weighted by atomic mass is 19.4. The summed E-state index contributed by atoms with van der Waals surface area (Å²) in [5.41, 5.74) is 4.48. The third-order valence-corrected chi connectivity index (χ3v) is 7.94. The molecular formula is C34H29F9N6O5. The summed E-state index contributed by atoms with van der Waals surface area (Å²) in [5.74, 6) is -6.11. The number of carboxylic acid groups (broad SMARTS) is 2. The molecule has 0 aliphatic carbocycles. The van der Waals surface area contributed by atoms with Crippen LogP contribution in [-0.4, -0.2) is 93.5 Å². The van der Waals surface area contributed by atoms with E-state index < -0.39 is 41.9 Å². The van der Waals surface area contributed by atoms with Gasteiger partial charge >= 0.3 is 30.5 Å². The molecule has 3 aromatic carbocycles. The molecule has 1 aliphatic rings. The molecule has 0 radical (unpaired) electrons. The van der Waals surface area contributed by atoms with Crippen LogP contribution in [0.4, 0.5) is 50.9 Å². The fourth-order valence-electron chi connectivity index (χ4n) is 5.17. The van der Waals surface area contributed by atoms with Gasteiger partial charge in [-0.15, -0.1) is 0 Å². The lowest BCUT2D eigenvalue weighted by Gasteiger charge is -2.34. The number of anilines is 2. The number of alkyl halides is 9. The summed E-state index contributed by atoms with van der Waals surface area (Å²) in [6.45, 7) is 4.63. The Balaban J connectivity index is 0.000000396. The summed E-state index contributed by atoms with van der Waals surface area (Å²) in [5, 5.41) is 19.0. The Morgan fingerprint density at radius 2 is 1.41 bits per heavy atom. The number of hydrogen-bond acceptors (Lipinski definition) is 7. The maximum absolute atomic E-state index is 13.8. The summed E-state index contributed by atoms with van der Waals surface area (Å²) >= 11 is 0. The van der Waals surface area contributed by atoms with Gasteiger partial charge in [0.25, 0.3) is 5.91 Å². The molecule has 288 valence electrons. The smallest absolute Gasteiger partial charge is 0.475 e. The second kappa shape index (κ2) is 16.0. The molecule has 1 saturated heterocycles. The Morgan fingerprint density at radius 3 is 1.98 bits per heavy atom. The van der Waals surface area contributed by atoms with Crippen molar-refractivity contribution in [1.82, 2.24) is 19.9 Å². The average Bonchev–Trinajstić information content (AvgIpc) is 3.46. The maximum Gasteiger partial charge on any atom is 0.490 e. The monoisotopic (exact) mass is 772 g/mol. The molecule has 4 N–H and O–H groups in total. The fourth-order valence-corrected chi connectivity index (χ4v) is 5.17. The number of benzene rings is 3. The highest BCUT2D eigenvalue weighted by Gasteiger charge is 2.39. The first-order chi connectivity index (χ1) is 25.0. The average molecular weight is 773 g/mol. The number of rotatable bonds is 4. The van der Waals surface area contributed by atoms with Crippen molar-refractivity contribution in [3.8, 4) is 11.1 Å². The van der Waals surface area contributed by atoms with Crippen LogP contribution in [0.3, 0.4) is 0 Å². The second-order valence-electron chi connectivity index (χ2n) is 11.8. The zero-order chi connectivity index (χ0) is 40.2. The lowest BCUT2D eigenvalue weighted by atomic mass is 9.98. The summed E-state index contributed by atoms with van der Waals surface area (Å²) in [6.07, 6.45) is -11.5. The number of nitrogens with one attached hydrogen (secondary N) is 2. The van der Waals surface area contributed by atoms with E-state index in [-0.39, 0.29) is 5.56 Å². The molecule has 6 rings (SSSR count). The van der Waals surface area contributed by atoms with E-state index in [1.165, 1.54) is 12.4 Å². The van der Waals surface area contributed by atoms with Crippen LogP contribution in [0.5, 0.6) is 0 Å². The van der Waals surface area contributed by atoms with E-state index >= 15 is 0 Å². The van der Waals surface area contributed by atoms with Crippen molar-refractivity contribution in [2.75, 3.05) is 43.4 Å². The molecule has 1 fully saturated rings. The number of aliphatic carboxylic acids is 2. The van der Waals surface area contributed by atoms with Gasteiger partial charge in [-0.05, 0) is 67.1 Å². The molecular weight excluding hydrogens is 743 g/mol. The van der Waals surface area contributed by atoms with Crippen LogP contribution < -0.4 is 10.2 Å². The standard InChI is InChI=1S/C30H27F3N6O.2C2HF3O2/c1-18-3-5-22(15-25(18)19-4-6-24-26-16-34-17-35-28(26)37-27(24)13-19)36-29(40)20-11-21(30(31,32)33)14-23(12-20)39-9-7-38(2)8-10-39;2*3-2(4,5)1(6)7/h3-6,11-17H,7-10H2,1-2H3,(H,36,40)(H,34,35,37);2*(H,6,7). The normalized spacial score (nSPS) is 13.8. The quantitative estimate of drug-likeness (QED) is 0.137. The number of likely N-dealkylation sites (N-methyl/N-ethyl adjacent to an activating group) is 1. The molecule has 3 heterocycles. The number of carbonyl (C=O) groups is 3. The second-order valence-corrected chi connectivity index (χ2v) is 11.8. The highest BCUT2D eigenvalue weighted by Crippen LogP contribution is 2.35. The van der Waals surface area contributed by atoms with E-state index in [1.54, 1.807) is 12.3 Å². The number of fused-ring (bicyclic) bond motifs is 3. The molecule has 11 nitrogen and oxygen atoms in total. The van der Waals surface area contributed by atoms with E-state index in [1.807, 2.05) is 49.2 Å². The molecule has 1 aliphatic heterocycles. The van der Waals surface area contributed by atoms with Gasteiger partial charge in [-0.3, -0.25) is 4.79 Å². The van der Waals surface area contributed by atoms with Crippen LogP contribution in [0.1, 0.15) is 21.5 Å². The number of aromatic nitrogens is 3. The van der Waals surface area contributed by atoms with Gasteiger partial charge in [0.2, 0.25) is 0 Å². The van der Waals surface area contributed by atoms with Crippen molar-refractivity contribution in [1.29, 1.82) is 0 Å². The maximum atomic E-state index is 13.8. The Hall–Kier alpha value is -5.92. The van der Waals surface area contributed by atoms with Gasteiger partial charge in [-0.2, -0.15) is 39.5 Å².